The molecule has 4 nitrogen and oxygen atoms in total. The second-order valence-corrected chi connectivity index (χ2v) is 8.00. The highest BCUT2D eigenvalue weighted by atomic mass is 19.4. The number of aromatic nitrogens is 1. The van der Waals surface area contributed by atoms with E-state index in [0.29, 0.717) is 28.2 Å². The normalized spacial score (nSPS) is 11.4. The van der Waals surface area contributed by atoms with Crippen molar-refractivity contribution in [2.45, 2.75) is 20.0 Å². The number of carbonyl (C=O) groups is 2. The van der Waals surface area contributed by atoms with Crippen molar-refractivity contribution in [1.82, 2.24) is 4.57 Å². The van der Waals surface area contributed by atoms with Gasteiger partial charge in [0.2, 0.25) is 0 Å². The molecule has 0 saturated heterocycles. The molecule has 0 bridgehead atoms. The zero-order chi connectivity index (χ0) is 25.3. The predicted octanol–water partition coefficient (Wildman–Crippen LogP) is 6.74. The minimum absolute atomic E-state index is 0.0577. The Morgan fingerprint density at radius 1 is 0.829 bits per heavy atom. The number of anilines is 1. The van der Waals surface area contributed by atoms with Crippen LogP contribution in [-0.4, -0.2) is 16.3 Å². The smallest absolute Gasteiger partial charge is 0.322 e. The van der Waals surface area contributed by atoms with Gasteiger partial charge in [0.05, 0.1) is 16.8 Å². The maximum absolute atomic E-state index is 13.5. The van der Waals surface area contributed by atoms with Crippen molar-refractivity contribution in [3.8, 4) is 5.69 Å². The number of hydrogen-bond donors (Lipinski definition) is 1. The maximum atomic E-state index is 13.5. The number of aryl methyl sites for hydroxylation is 1. The van der Waals surface area contributed by atoms with Crippen molar-refractivity contribution in [1.29, 1.82) is 0 Å². The van der Waals surface area contributed by atoms with Gasteiger partial charge in [0.1, 0.15) is 5.82 Å². The predicted molar refractivity (Wildman–Crippen MR) is 124 cm³/mol. The summed E-state index contributed by atoms with van der Waals surface area (Å²) in [6.07, 6.45) is -4.55. The number of alkyl halides is 3. The summed E-state index contributed by atoms with van der Waals surface area (Å²) in [6.45, 7) is 3.21. The fraction of sp³-hybridized carbons (Fsp3) is 0.111. The Kier molecular flexibility index (Phi) is 6.30. The number of ketones is 1. The van der Waals surface area contributed by atoms with Crippen LogP contribution in [0.25, 0.3) is 5.69 Å². The van der Waals surface area contributed by atoms with Gasteiger partial charge in [-0.15, -0.1) is 0 Å². The van der Waals surface area contributed by atoms with Gasteiger partial charge in [0.25, 0.3) is 5.91 Å². The van der Waals surface area contributed by atoms with Crippen molar-refractivity contribution < 1.29 is 27.2 Å². The molecule has 35 heavy (non-hydrogen) atoms. The molecule has 8 heteroatoms. The summed E-state index contributed by atoms with van der Waals surface area (Å²) in [5.41, 5.74) is 1.31. The fourth-order valence-electron chi connectivity index (χ4n) is 3.94. The topological polar surface area (TPSA) is 51.1 Å². The number of carbonyl (C=O) groups excluding carboxylic acids is 2. The zero-order valence-corrected chi connectivity index (χ0v) is 18.8. The standard InChI is InChI=1S/C27H20F4N2O2/c1-16-15-22(17(2)33(16)24-6-4-3-5-23(24)27(29,30)31)26(35)32-21-13-9-19(10-14-21)25(34)18-7-11-20(28)12-8-18/h3-15H,1-2H3,(H,32,35). The molecule has 4 aromatic rings. The highest BCUT2D eigenvalue weighted by Crippen LogP contribution is 2.35. The summed E-state index contributed by atoms with van der Waals surface area (Å²) in [5, 5.41) is 2.71. The van der Waals surface area contributed by atoms with Crippen molar-refractivity contribution in [3.05, 3.63) is 118 Å². The third-order valence-electron chi connectivity index (χ3n) is 5.64. The highest BCUT2D eigenvalue weighted by molar-refractivity contribution is 6.09. The monoisotopic (exact) mass is 480 g/mol. The molecule has 0 aliphatic heterocycles. The Labute approximate surface area is 198 Å². The summed E-state index contributed by atoms with van der Waals surface area (Å²) in [5.74, 6) is -1.23. The Morgan fingerprint density at radius 2 is 1.40 bits per heavy atom. The molecule has 0 saturated carbocycles. The molecule has 4 rings (SSSR count). The largest absolute Gasteiger partial charge is 0.418 e. The molecule has 0 aliphatic carbocycles. The molecule has 0 spiro atoms. The molecule has 178 valence electrons. The number of nitrogens with one attached hydrogen (secondary N) is 1. The second kappa shape index (κ2) is 9.21. The van der Waals surface area contributed by atoms with Crippen LogP contribution >= 0.6 is 0 Å². The first-order valence-electron chi connectivity index (χ1n) is 10.6. The van der Waals surface area contributed by atoms with Crippen LogP contribution < -0.4 is 5.32 Å². The lowest BCUT2D eigenvalue weighted by atomic mass is 10.0. The number of hydrogen-bond acceptors (Lipinski definition) is 2. The number of rotatable bonds is 5. The number of halogens is 4. The summed E-state index contributed by atoms with van der Waals surface area (Å²) in [6, 6.07) is 18.1. The molecule has 0 fully saturated rings. The van der Waals surface area contributed by atoms with Gasteiger partial charge >= 0.3 is 6.18 Å². The molecule has 1 N–H and O–H groups in total. The minimum atomic E-state index is -4.55. The van der Waals surface area contributed by atoms with Gasteiger partial charge in [-0.25, -0.2) is 4.39 Å². The zero-order valence-electron chi connectivity index (χ0n) is 18.8. The first kappa shape index (κ1) is 23.9. The molecule has 0 atom stereocenters. The number of amides is 1. The van der Waals surface area contributed by atoms with Crippen LogP contribution in [0.1, 0.15) is 43.2 Å². The van der Waals surface area contributed by atoms with Gasteiger partial charge in [-0.2, -0.15) is 13.2 Å². The van der Waals surface area contributed by atoms with E-state index < -0.39 is 23.5 Å². The van der Waals surface area contributed by atoms with E-state index in [1.807, 2.05) is 0 Å². The van der Waals surface area contributed by atoms with E-state index in [4.69, 9.17) is 0 Å². The van der Waals surface area contributed by atoms with E-state index in [-0.39, 0.29) is 17.0 Å². The van der Waals surface area contributed by atoms with Gasteiger partial charge < -0.3 is 9.88 Å². The minimum Gasteiger partial charge on any atom is -0.322 e. The number of para-hydroxylation sites is 1. The summed E-state index contributed by atoms with van der Waals surface area (Å²) in [4.78, 5) is 25.5. The molecule has 1 heterocycles. The van der Waals surface area contributed by atoms with Crippen LogP contribution in [0, 0.1) is 19.7 Å². The van der Waals surface area contributed by atoms with Crippen molar-refractivity contribution >= 4 is 17.4 Å². The van der Waals surface area contributed by atoms with Crippen molar-refractivity contribution in [3.63, 3.8) is 0 Å². The first-order chi connectivity index (χ1) is 16.6. The lowest BCUT2D eigenvalue weighted by Gasteiger charge is -2.16. The molecule has 0 aliphatic rings. The Hall–Kier alpha value is -4.20. The first-order valence-corrected chi connectivity index (χ1v) is 10.6. The average molecular weight is 480 g/mol. The third-order valence-corrected chi connectivity index (χ3v) is 5.64. The average Bonchev–Trinajstić information content (AvgIpc) is 3.13. The van der Waals surface area contributed by atoms with Crippen LogP contribution in [0.3, 0.4) is 0 Å². The molecular formula is C27H20F4N2O2. The van der Waals surface area contributed by atoms with Gasteiger partial charge in [-0.3, -0.25) is 9.59 Å². The van der Waals surface area contributed by atoms with Crippen LogP contribution in [0.5, 0.6) is 0 Å². The molecule has 1 amide bonds. The SMILES string of the molecule is Cc1cc(C(=O)Nc2ccc(C(=O)c3ccc(F)cc3)cc2)c(C)n1-c1ccccc1C(F)(F)F. The number of nitrogens with zero attached hydrogens (tertiary/aromatic N) is 1. The lowest BCUT2D eigenvalue weighted by molar-refractivity contribution is -0.137. The van der Waals surface area contributed by atoms with Crippen LogP contribution in [-0.2, 0) is 6.18 Å². The molecular weight excluding hydrogens is 460 g/mol. The van der Waals surface area contributed by atoms with Crippen LogP contribution in [0.2, 0.25) is 0 Å². The van der Waals surface area contributed by atoms with E-state index in [1.165, 1.54) is 65.2 Å². The van der Waals surface area contributed by atoms with Crippen LogP contribution in [0.4, 0.5) is 23.2 Å². The number of benzene rings is 3. The Morgan fingerprint density at radius 3 is 2.00 bits per heavy atom. The molecule has 1 aromatic heterocycles. The van der Waals surface area contributed by atoms with Gasteiger partial charge in [-0.1, -0.05) is 12.1 Å². The fourth-order valence-corrected chi connectivity index (χ4v) is 3.94. The van der Waals surface area contributed by atoms with Crippen molar-refractivity contribution in [2.24, 2.45) is 0 Å². The van der Waals surface area contributed by atoms with Crippen molar-refractivity contribution in [2.75, 3.05) is 5.32 Å². The summed E-state index contributed by atoms with van der Waals surface area (Å²) >= 11 is 0. The molecule has 3 aromatic carbocycles. The van der Waals surface area contributed by atoms with E-state index in [2.05, 4.69) is 5.32 Å². The summed E-state index contributed by atoms with van der Waals surface area (Å²) in [7, 11) is 0. The summed E-state index contributed by atoms with van der Waals surface area (Å²) < 4.78 is 55.1. The lowest BCUT2D eigenvalue weighted by Crippen LogP contribution is -2.15. The van der Waals surface area contributed by atoms with Gasteiger partial charge in [0.15, 0.2) is 5.78 Å². The highest BCUT2D eigenvalue weighted by Gasteiger charge is 2.34. The third kappa shape index (κ3) is 4.87. The van der Waals surface area contributed by atoms with Gasteiger partial charge in [-0.05, 0) is 80.6 Å². The Balaban J connectivity index is 1.57. The van der Waals surface area contributed by atoms with E-state index in [1.54, 1.807) is 26.0 Å². The van der Waals surface area contributed by atoms with E-state index in [0.717, 1.165) is 6.07 Å². The van der Waals surface area contributed by atoms with E-state index in [9.17, 15) is 27.2 Å². The second-order valence-electron chi connectivity index (χ2n) is 8.00. The van der Waals surface area contributed by atoms with Gasteiger partial charge in [0, 0.05) is 28.2 Å². The maximum Gasteiger partial charge on any atom is 0.418 e. The Bertz CT molecular complexity index is 1400. The molecule has 0 unspecified atom stereocenters. The molecule has 0 radical (unpaired) electrons. The van der Waals surface area contributed by atoms with E-state index >= 15 is 0 Å². The quantitative estimate of drug-likeness (QED) is 0.254. The van der Waals surface area contributed by atoms with Crippen LogP contribution in [0.15, 0.2) is 78.9 Å².